The van der Waals surface area contributed by atoms with Crippen molar-refractivity contribution in [3.05, 3.63) is 34.3 Å². The highest BCUT2D eigenvalue weighted by Gasteiger charge is 2.05. The summed E-state index contributed by atoms with van der Waals surface area (Å²) in [5.74, 6) is 2.38. The average Bonchev–Trinajstić information content (AvgIpc) is 2.99. The molecular formula is C16H23N3OS. The normalized spacial score (nSPS) is 10.6. The van der Waals surface area contributed by atoms with Crippen LogP contribution < -0.4 is 10.1 Å². The van der Waals surface area contributed by atoms with E-state index in [1.807, 2.05) is 6.07 Å². The SMILES string of the molecule is CCCNc1cc(OCCc2cccs2)nc(CCC)n1. The molecule has 0 aromatic carbocycles. The van der Waals surface area contributed by atoms with Gasteiger partial charge in [-0.1, -0.05) is 19.9 Å². The molecule has 0 aliphatic carbocycles. The van der Waals surface area contributed by atoms with Crippen LogP contribution in [-0.2, 0) is 12.8 Å². The zero-order valence-electron chi connectivity index (χ0n) is 12.8. The van der Waals surface area contributed by atoms with Gasteiger partial charge in [-0.3, -0.25) is 0 Å². The summed E-state index contributed by atoms with van der Waals surface area (Å²) in [5, 5.41) is 5.40. The van der Waals surface area contributed by atoms with E-state index in [0.29, 0.717) is 12.5 Å². The predicted octanol–water partition coefficient (Wildman–Crippen LogP) is 3.93. The highest BCUT2D eigenvalue weighted by Crippen LogP contribution is 2.16. The van der Waals surface area contributed by atoms with E-state index in [9.17, 15) is 0 Å². The molecule has 0 fully saturated rings. The molecule has 114 valence electrons. The molecule has 2 aromatic rings. The molecule has 2 heterocycles. The van der Waals surface area contributed by atoms with Gasteiger partial charge in [-0.25, -0.2) is 4.98 Å². The van der Waals surface area contributed by atoms with E-state index in [4.69, 9.17) is 4.74 Å². The number of aryl methyl sites for hydroxylation is 1. The maximum Gasteiger partial charge on any atom is 0.218 e. The summed E-state index contributed by atoms with van der Waals surface area (Å²) < 4.78 is 5.80. The molecule has 0 aliphatic rings. The summed E-state index contributed by atoms with van der Waals surface area (Å²) in [7, 11) is 0. The number of nitrogens with one attached hydrogen (secondary N) is 1. The van der Waals surface area contributed by atoms with Crippen LogP contribution in [0.15, 0.2) is 23.6 Å². The van der Waals surface area contributed by atoms with Gasteiger partial charge in [-0.2, -0.15) is 4.98 Å². The molecule has 4 nitrogen and oxygen atoms in total. The van der Waals surface area contributed by atoms with E-state index in [-0.39, 0.29) is 0 Å². The number of thiophene rings is 1. The Hall–Kier alpha value is -1.62. The molecule has 0 unspecified atom stereocenters. The van der Waals surface area contributed by atoms with E-state index in [1.54, 1.807) is 11.3 Å². The van der Waals surface area contributed by atoms with Crippen molar-refractivity contribution in [1.29, 1.82) is 0 Å². The number of hydrogen-bond acceptors (Lipinski definition) is 5. The van der Waals surface area contributed by atoms with E-state index in [0.717, 1.165) is 43.9 Å². The van der Waals surface area contributed by atoms with Crippen LogP contribution in [0.3, 0.4) is 0 Å². The Morgan fingerprint density at radius 3 is 2.81 bits per heavy atom. The lowest BCUT2D eigenvalue weighted by molar-refractivity contribution is 0.309. The predicted molar refractivity (Wildman–Crippen MR) is 88.3 cm³/mol. The largest absolute Gasteiger partial charge is 0.477 e. The Morgan fingerprint density at radius 1 is 1.19 bits per heavy atom. The van der Waals surface area contributed by atoms with Crippen LogP contribution in [-0.4, -0.2) is 23.1 Å². The molecule has 0 saturated heterocycles. The number of nitrogens with zero attached hydrogens (tertiary/aromatic N) is 2. The van der Waals surface area contributed by atoms with Gasteiger partial charge in [0, 0.05) is 30.3 Å². The second-order valence-electron chi connectivity index (χ2n) is 4.86. The molecule has 2 rings (SSSR count). The third-order valence-electron chi connectivity index (χ3n) is 2.96. The van der Waals surface area contributed by atoms with Gasteiger partial charge in [-0.15, -0.1) is 11.3 Å². The zero-order valence-corrected chi connectivity index (χ0v) is 13.6. The van der Waals surface area contributed by atoms with Crippen LogP contribution in [0, 0.1) is 0 Å². The van der Waals surface area contributed by atoms with Crippen LogP contribution in [0.1, 0.15) is 37.4 Å². The van der Waals surface area contributed by atoms with Gasteiger partial charge in [0.2, 0.25) is 5.88 Å². The van der Waals surface area contributed by atoms with Crippen molar-refractivity contribution in [2.24, 2.45) is 0 Å². The molecule has 0 spiro atoms. The Kier molecular flexibility index (Phi) is 6.47. The third-order valence-corrected chi connectivity index (χ3v) is 3.89. The maximum atomic E-state index is 5.80. The highest BCUT2D eigenvalue weighted by molar-refractivity contribution is 7.09. The van der Waals surface area contributed by atoms with Crippen molar-refractivity contribution < 1.29 is 4.74 Å². The van der Waals surface area contributed by atoms with Crippen LogP contribution in [0.25, 0.3) is 0 Å². The summed E-state index contributed by atoms with van der Waals surface area (Å²) in [6, 6.07) is 6.09. The fourth-order valence-electron chi connectivity index (χ4n) is 1.94. The van der Waals surface area contributed by atoms with Gasteiger partial charge in [-0.05, 0) is 24.3 Å². The molecule has 1 N–H and O–H groups in total. The monoisotopic (exact) mass is 305 g/mol. The fraction of sp³-hybridized carbons (Fsp3) is 0.500. The van der Waals surface area contributed by atoms with Crippen LogP contribution in [0.2, 0.25) is 0 Å². The van der Waals surface area contributed by atoms with E-state index in [2.05, 4.69) is 46.6 Å². The molecule has 0 radical (unpaired) electrons. The van der Waals surface area contributed by atoms with E-state index in [1.165, 1.54) is 4.88 Å². The van der Waals surface area contributed by atoms with E-state index < -0.39 is 0 Å². The first-order valence-corrected chi connectivity index (χ1v) is 8.46. The Labute approximate surface area is 130 Å². The van der Waals surface area contributed by atoms with Crippen molar-refractivity contribution in [1.82, 2.24) is 9.97 Å². The summed E-state index contributed by atoms with van der Waals surface area (Å²) in [5.41, 5.74) is 0. The summed E-state index contributed by atoms with van der Waals surface area (Å²) in [4.78, 5) is 10.3. The number of ether oxygens (including phenoxy) is 1. The average molecular weight is 305 g/mol. The number of aromatic nitrogens is 2. The minimum atomic E-state index is 0.649. The Balaban J connectivity index is 1.97. The molecular weight excluding hydrogens is 282 g/mol. The standard InChI is InChI=1S/C16H23N3OS/c1-3-6-14-18-15(17-9-4-2)12-16(19-14)20-10-8-13-7-5-11-21-13/h5,7,11-12H,3-4,6,8-10H2,1-2H3,(H,17,18,19). The lowest BCUT2D eigenvalue weighted by Crippen LogP contribution is -2.08. The zero-order chi connectivity index (χ0) is 14.9. The number of hydrogen-bond donors (Lipinski definition) is 1. The minimum absolute atomic E-state index is 0.649. The lowest BCUT2D eigenvalue weighted by atomic mass is 10.3. The van der Waals surface area contributed by atoms with Crippen molar-refractivity contribution in [2.45, 2.75) is 39.5 Å². The molecule has 0 amide bonds. The van der Waals surface area contributed by atoms with Gasteiger partial charge in [0.15, 0.2) is 0 Å². The topological polar surface area (TPSA) is 47.0 Å². The van der Waals surface area contributed by atoms with E-state index >= 15 is 0 Å². The highest BCUT2D eigenvalue weighted by atomic mass is 32.1. The van der Waals surface area contributed by atoms with Crippen molar-refractivity contribution in [3.63, 3.8) is 0 Å². The Morgan fingerprint density at radius 2 is 2.10 bits per heavy atom. The Bertz CT molecular complexity index is 528. The van der Waals surface area contributed by atoms with Gasteiger partial charge >= 0.3 is 0 Å². The van der Waals surface area contributed by atoms with Gasteiger partial charge in [0.25, 0.3) is 0 Å². The minimum Gasteiger partial charge on any atom is -0.477 e. The third kappa shape index (κ3) is 5.34. The molecule has 2 aromatic heterocycles. The summed E-state index contributed by atoms with van der Waals surface area (Å²) in [6.07, 6.45) is 3.90. The van der Waals surface area contributed by atoms with Crippen molar-refractivity contribution in [2.75, 3.05) is 18.5 Å². The van der Waals surface area contributed by atoms with Crippen molar-refractivity contribution in [3.8, 4) is 5.88 Å². The van der Waals surface area contributed by atoms with Crippen LogP contribution in [0.5, 0.6) is 5.88 Å². The first kappa shape index (κ1) is 15.8. The van der Waals surface area contributed by atoms with Gasteiger partial charge in [0.1, 0.15) is 11.6 Å². The first-order valence-electron chi connectivity index (χ1n) is 7.58. The maximum absolute atomic E-state index is 5.80. The second-order valence-corrected chi connectivity index (χ2v) is 5.89. The second kappa shape index (κ2) is 8.62. The fourth-order valence-corrected chi connectivity index (χ4v) is 2.63. The molecule has 0 saturated carbocycles. The molecule has 0 atom stereocenters. The number of rotatable bonds is 9. The number of anilines is 1. The van der Waals surface area contributed by atoms with Gasteiger partial charge < -0.3 is 10.1 Å². The summed E-state index contributed by atoms with van der Waals surface area (Å²) >= 11 is 1.76. The van der Waals surface area contributed by atoms with Crippen molar-refractivity contribution >= 4 is 17.2 Å². The van der Waals surface area contributed by atoms with Crippen LogP contribution in [0.4, 0.5) is 5.82 Å². The van der Waals surface area contributed by atoms with Gasteiger partial charge in [0.05, 0.1) is 6.61 Å². The lowest BCUT2D eigenvalue weighted by Gasteiger charge is -2.10. The smallest absolute Gasteiger partial charge is 0.218 e. The molecule has 5 heteroatoms. The molecule has 0 aliphatic heterocycles. The van der Waals surface area contributed by atoms with Crippen LogP contribution >= 0.6 is 11.3 Å². The quantitative estimate of drug-likeness (QED) is 0.762. The molecule has 21 heavy (non-hydrogen) atoms. The molecule has 0 bridgehead atoms. The summed E-state index contributed by atoms with van der Waals surface area (Å²) in [6.45, 7) is 5.83. The first-order chi connectivity index (χ1) is 10.3.